The Morgan fingerprint density at radius 1 is 1.44 bits per heavy atom. The fraction of sp³-hybridized carbons (Fsp3) is 0.867. The van der Waals surface area contributed by atoms with Gasteiger partial charge in [-0.05, 0) is 38.0 Å². The van der Waals surface area contributed by atoms with E-state index in [0.29, 0.717) is 6.61 Å². The molecule has 0 saturated heterocycles. The topological polar surface area (TPSA) is 47.3 Å². The maximum absolute atomic E-state index is 5.99. The molecule has 0 bridgehead atoms. The van der Waals surface area contributed by atoms with Gasteiger partial charge in [0.15, 0.2) is 0 Å². The van der Waals surface area contributed by atoms with E-state index in [0.717, 1.165) is 37.1 Å². The Bertz CT molecular complexity index is 267. The molecule has 0 spiro atoms. The van der Waals surface area contributed by atoms with Crippen molar-refractivity contribution in [3.8, 4) is 0 Å². The lowest BCUT2D eigenvalue weighted by molar-refractivity contribution is 0.116. The molecule has 1 aliphatic carbocycles. The minimum Gasteiger partial charge on any atom is -0.376 e. The van der Waals surface area contributed by atoms with Crippen LogP contribution in [0.15, 0.2) is 12.2 Å². The first-order chi connectivity index (χ1) is 8.49. The molecule has 3 N–H and O–H groups in total. The predicted molar refractivity (Wildman–Crippen MR) is 77.6 cm³/mol. The van der Waals surface area contributed by atoms with E-state index in [1.54, 1.807) is 0 Å². The normalized spacial score (nSPS) is 32.4. The quantitative estimate of drug-likeness (QED) is 0.541. The molecular weight excluding hydrogens is 224 g/mol. The zero-order valence-electron chi connectivity index (χ0n) is 12.3. The summed E-state index contributed by atoms with van der Waals surface area (Å²) in [6.07, 6.45) is 3.65. The van der Waals surface area contributed by atoms with E-state index >= 15 is 0 Å². The van der Waals surface area contributed by atoms with Crippen molar-refractivity contribution >= 4 is 0 Å². The maximum Gasteiger partial charge on any atom is 0.0672 e. The van der Waals surface area contributed by atoms with Crippen LogP contribution in [0, 0.1) is 11.8 Å². The van der Waals surface area contributed by atoms with E-state index in [-0.39, 0.29) is 5.54 Å². The van der Waals surface area contributed by atoms with Crippen LogP contribution < -0.4 is 11.1 Å². The maximum atomic E-state index is 5.99. The molecule has 1 rings (SSSR count). The Morgan fingerprint density at radius 3 is 2.72 bits per heavy atom. The summed E-state index contributed by atoms with van der Waals surface area (Å²) in [6, 6.07) is 0. The van der Waals surface area contributed by atoms with Gasteiger partial charge in [-0.3, -0.25) is 0 Å². The van der Waals surface area contributed by atoms with Crippen molar-refractivity contribution in [1.29, 1.82) is 0 Å². The van der Waals surface area contributed by atoms with Crippen molar-refractivity contribution in [2.24, 2.45) is 17.6 Å². The van der Waals surface area contributed by atoms with Gasteiger partial charge in [-0.15, -0.1) is 0 Å². The van der Waals surface area contributed by atoms with Gasteiger partial charge in [-0.2, -0.15) is 0 Å². The second-order valence-electron chi connectivity index (χ2n) is 6.12. The van der Waals surface area contributed by atoms with E-state index in [2.05, 4.69) is 25.7 Å². The average Bonchev–Trinajstić information content (AvgIpc) is 2.33. The molecule has 0 amide bonds. The van der Waals surface area contributed by atoms with E-state index in [4.69, 9.17) is 10.5 Å². The first-order valence-electron chi connectivity index (χ1n) is 7.16. The number of nitrogens with one attached hydrogen (secondary N) is 1. The minimum atomic E-state index is 0.137. The highest BCUT2D eigenvalue weighted by molar-refractivity contribution is 4.95. The summed E-state index contributed by atoms with van der Waals surface area (Å²) in [6.45, 7) is 13.5. The Hall–Kier alpha value is -0.380. The number of rotatable bonds is 7. The summed E-state index contributed by atoms with van der Waals surface area (Å²) in [5.41, 5.74) is 7.20. The smallest absolute Gasteiger partial charge is 0.0672 e. The third-order valence-corrected chi connectivity index (χ3v) is 4.25. The first kappa shape index (κ1) is 15.7. The molecule has 0 aromatic rings. The van der Waals surface area contributed by atoms with Crippen molar-refractivity contribution in [2.75, 3.05) is 26.3 Å². The lowest BCUT2D eigenvalue weighted by Gasteiger charge is -2.43. The molecule has 3 atom stereocenters. The fourth-order valence-corrected chi connectivity index (χ4v) is 2.76. The second kappa shape index (κ2) is 7.27. The Labute approximate surface area is 112 Å². The van der Waals surface area contributed by atoms with Gasteiger partial charge in [0.25, 0.3) is 0 Å². The summed E-state index contributed by atoms with van der Waals surface area (Å²) in [5, 5.41) is 3.63. The van der Waals surface area contributed by atoms with E-state index in [9.17, 15) is 0 Å². The standard InChI is InChI=1S/C15H30N2O/c1-12(2)10-18-8-7-17-15(11-16)6-5-13(3)14(4)9-15/h13-14,17H,1,5-11,16H2,2-4H3. The number of hydrogen-bond donors (Lipinski definition) is 2. The summed E-state index contributed by atoms with van der Waals surface area (Å²) in [4.78, 5) is 0. The van der Waals surface area contributed by atoms with Crippen LogP contribution >= 0.6 is 0 Å². The molecule has 106 valence electrons. The highest BCUT2D eigenvalue weighted by Crippen LogP contribution is 2.35. The number of hydrogen-bond acceptors (Lipinski definition) is 3. The van der Waals surface area contributed by atoms with E-state index < -0.39 is 0 Å². The van der Waals surface area contributed by atoms with Crippen molar-refractivity contribution in [2.45, 2.75) is 45.6 Å². The van der Waals surface area contributed by atoms with Crippen LogP contribution in [0.2, 0.25) is 0 Å². The minimum absolute atomic E-state index is 0.137. The number of nitrogens with two attached hydrogens (primary N) is 1. The molecule has 0 heterocycles. The lowest BCUT2D eigenvalue weighted by Crippen LogP contribution is -2.55. The van der Waals surface area contributed by atoms with Crippen molar-refractivity contribution in [3.63, 3.8) is 0 Å². The average molecular weight is 254 g/mol. The van der Waals surface area contributed by atoms with Crippen molar-refractivity contribution in [3.05, 3.63) is 12.2 Å². The van der Waals surface area contributed by atoms with Crippen LogP contribution in [-0.4, -0.2) is 31.8 Å². The molecular formula is C15H30N2O. The van der Waals surface area contributed by atoms with Gasteiger partial charge in [0.2, 0.25) is 0 Å². The monoisotopic (exact) mass is 254 g/mol. The first-order valence-corrected chi connectivity index (χ1v) is 7.16. The molecule has 18 heavy (non-hydrogen) atoms. The van der Waals surface area contributed by atoms with E-state index in [1.165, 1.54) is 19.3 Å². The van der Waals surface area contributed by atoms with Crippen molar-refractivity contribution < 1.29 is 4.74 Å². The molecule has 3 heteroatoms. The number of ether oxygens (including phenoxy) is 1. The van der Waals surface area contributed by atoms with Gasteiger partial charge in [0, 0.05) is 18.6 Å². The predicted octanol–water partition coefficient (Wildman–Crippen LogP) is 2.32. The summed E-state index contributed by atoms with van der Waals surface area (Å²) < 4.78 is 5.52. The van der Waals surface area contributed by atoms with Gasteiger partial charge in [-0.1, -0.05) is 26.0 Å². The molecule has 1 aliphatic rings. The molecule has 1 fully saturated rings. The lowest BCUT2D eigenvalue weighted by atomic mass is 9.71. The molecule has 0 aliphatic heterocycles. The Balaban J connectivity index is 2.30. The molecule has 3 nitrogen and oxygen atoms in total. The van der Waals surface area contributed by atoms with Crippen molar-refractivity contribution in [1.82, 2.24) is 5.32 Å². The van der Waals surface area contributed by atoms with Crippen LogP contribution in [0.5, 0.6) is 0 Å². The summed E-state index contributed by atoms with van der Waals surface area (Å²) in [7, 11) is 0. The van der Waals surface area contributed by atoms with Gasteiger partial charge in [0.05, 0.1) is 13.2 Å². The molecule has 3 unspecified atom stereocenters. The highest BCUT2D eigenvalue weighted by Gasteiger charge is 2.35. The Morgan fingerprint density at radius 2 is 2.17 bits per heavy atom. The highest BCUT2D eigenvalue weighted by atomic mass is 16.5. The van der Waals surface area contributed by atoms with Gasteiger partial charge < -0.3 is 15.8 Å². The Kier molecular flexibility index (Phi) is 6.33. The van der Waals surface area contributed by atoms with Crippen LogP contribution in [0.25, 0.3) is 0 Å². The van der Waals surface area contributed by atoms with E-state index in [1.807, 2.05) is 6.92 Å². The summed E-state index contributed by atoms with van der Waals surface area (Å²) in [5.74, 6) is 1.58. The second-order valence-corrected chi connectivity index (χ2v) is 6.12. The van der Waals surface area contributed by atoms with Crippen LogP contribution in [-0.2, 0) is 4.74 Å². The third-order valence-electron chi connectivity index (χ3n) is 4.25. The zero-order chi connectivity index (χ0) is 13.6. The van der Waals surface area contributed by atoms with Crippen LogP contribution in [0.1, 0.15) is 40.0 Å². The van der Waals surface area contributed by atoms with Gasteiger partial charge >= 0.3 is 0 Å². The SMILES string of the molecule is C=C(C)COCCNC1(CN)CCC(C)C(C)C1. The van der Waals surface area contributed by atoms with Gasteiger partial charge in [0.1, 0.15) is 0 Å². The van der Waals surface area contributed by atoms with Crippen LogP contribution in [0.3, 0.4) is 0 Å². The third kappa shape index (κ3) is 4.71. The molecule has 0 radical (unpaired) electrons. The van der Waals surface area contributed by atoms with Gasteiger partial charge in [-0.25, -0.2) is 0 Å². The van der Waals surface area contributed by atoms with Crippen LogP contribution in [0.4, 0.5) is 0 Å². The molecule has 0 aromatic carbocycles. The zero-order valence-corrected chi connectivity index (χ0v) is 12.3. The molecule has 0 aromatic heterocycles. The fourth-order valence-electron chi connectivity index (χ4n) is 2.76. The molecule has 1 saturated carbocycles. The largest absolute Gasteiger partial charge is 0.376 e. The summed E-state index contributed by atoms with van der Waals surface area (Å²) >= 11 is 0.